The van der Waals surface area contributed by atoms with Gasteiger partial charge in [0.15, 0.2) is 0 Å². The summed E-state index contributed by atoms with van der Waals surface area (Å²) < 4.78 is 2.59. The van der Waals surface area contributed by atoms with Gasteiger partial charge in [-0.2, -0.15) is 0 Å². The van der Waals surface area contributed by atoms with Crippen molar-refractivity contribution < 1.29 is 0 Å². The molecule has 0 amide bonds. The number of thiophene rings is 1. The largest absolute Gasteiger partial charge is 0.310 e. The molecule has 0 atom stereocenters. The van der Waals surface area contributed by atoms with E-state index in [1.54, 1.807) is 0 Å². The molecule has 54 heavy (non-hydrogen) atoms. The summed E-state index contributed by atoms with van der Waals surface area (Å²) in [4.78, 5) is 2.47. The van der Waals surface area contributed by atoms with Gasteiger partial charge >= 0.3 is 0 Å². The van der Waals surface area contributed by atoms with Crippen LogP contribution in [0.1, 0.15) is 0 Å². The van der Waals surface area contributed by atoms with Gasteiger partial charge in [-0.1, -0.05) is 158 Å². The predicted octanol–water partition coefficient (Wildman–Crippen LogP) is 15.5. The molecule has 11 rings (SSSR count). The lowest BCUT2D eigenvalue weighted by Crippen LogP contribution is -2.10. The van der Waals surface area contributed by atoms with Crippen LogP contribution in [0.5, 0.6) is 0 Å². The van der Waals surface area contributed by atoms with Crippen LogP contribution in [0.4, 0.5) is 17.1 Å². The molecule has 0 unspecified atom stereocenters. The minimum Gasteiger partial charge on any atom is -0.310 e. The third-order valence-corrected chi connectivity index (χ3v) is 12.2. The van der Waals surface area contributed by atoms with Crippen LogP contribution in [0.15, 0.2) is 200 Å². The van der Waals surface area contributed by atoms with Crippen molar-refractivity contribution in [3.8, 4) is 22.3 Å². The van der Waals surface area contributed by atoms with Crippen LogP contribution >= 0.6 is 11.3 Å². The molecule has 252 valence electrons. The fraction of sp³-hybridized carbons (Fsp3) is 0. The molecular formula is C52H33NS. The molecule has 11 aromatic rings. The Morgan fingerprint density at radius 1 is 0.333 bits per heavy atom. The number of nitrogens with zero attached hydrogens (tertiary/aromatic N) is 1. The molecule has 0 fully saturated rings. The fourth-order valence-corrected chi connectivity index (χ4v) is 9.66. The lowest BCUT2D eigenvalue weighted by Gasteiger charge is -2.28. The van der Waals surface area contributed by atoms with E-state index in [2.05, 4.69) is 205 Å². The quantitative estimate of drug-likeness (QED) is 0.161. The van der Waals surface area contributed by atoms with Gasteiger partial charge in [0.2, 0.25) is 0 Å². The Kier molecular flexibility index (Phi) is 7.11. The van der Waals surface area contributed by atoms with E-state index in [4.69, 9.17) is 0 Å². The van der Waals surface area contributed by atoms with E-state index in [0.29, 0.717) is 0 Å². The molecule has 10 aromatic carbocycles. The smallest absolute Gasteiger partial charge is 0.0555 e. The number of rotatable bonds is 5. The van der Waals surface area contributed by atoms with Gasteiger partial charge in [-0.25, -0.2) is 0 Å². The van der Waals surface area contributed by atoms with Gasteiger partial charge in [-0.15, -0.1) is 11.3 Å². The Labute approximate surface area is 317 Å². The minimum atomic E-state index is 1.12. The molecule has 0 N–H and O–H groups in total. The highest BCUT2D eigenvalue weighted by Crippen LogP contribution is 2.49. The lowest BCUT2D eigenvalue weighted by molar-refractivity contribution is 1.31. The Bertz CT molecular complexity index is 3220. The number of anilines is 3. The van der Waals surface area contributed by atoms with Gasteiger partial charge in [0, 0.05) is 37.1 Å². The zero-order valence-corrected chi connectivity index (χ0v) is 30.2. The Morgan fingerprint density at radius 2 is 0.944 bits per heavy atom. The molecule has 1 heterocycles. The minimum absolute atomic E-state index is 1.12. The van der Waals surface area contributed by atoms with E-state index in [9.17, 15) is 0 Å². The second-order valence-electron chi connectivity index (χ2n) is 14.1. The van der Waals surface area contributed by atoms with Crippen LogP contribution in [0.2, 0.25) is 0 Å². The molecule has 0 aliphatic carbocycles. The molecule has 1 aromatic heterocycles. The molecule has 0 saturated heterocycles. The van der Waals surface area contributed by atoms with Crippen molar-refractivity contribution in [2.45, 2.75) is 0 Å². The average Bonchev–Trinajstić information content (AvgIpc) is 3.64. The van der Waals surface area contributed by atoms with Crippen molar-refractivity contribution in [1.82, 2.24) is 0 Å². The SMILES string of the molecule is c1ccc2cc(-c3ccc(N(c4ccc5c(ccc6ccccc65)c4)c4ccc(-c5cccc6ccccc56)c5sc6ccccc6c45)cc3)ccc2c1. The molecule has 0 aliphatic rings. The molecule has 1 nitrogen and oxygen atoms in total. The summed E-state index contributed by atoms with van der Waals surface area (Å²) in [6.45, 7) is 0. The van der Waals surface area contributed by atoms with Crippen LogP contribution in [0, 0.1) is 0 Å². The monoisotopic (exact) mass is 703 g/mol. The first-order valence-electron chi connectivity index (χ1n) is 18.5. The summed E-state index contributed by atoms with van der Waals surface area (Å²) in [7, 11) is 0. The zero-order chi connectivity index (χ0) is 35.6. The topological polar surface area (TPSA) is 3.24 Å². The lowest BCUT2D eigenvalue weighted by atomic mass is 9.95. The van der Waals surface area contributed by atoms with Crippen LogP contribution in [-0.4, -0.2) is 0 Å². The molecule has 0 saturated carbocycles. The molecule has 0 spiro atoms. The van der Waals surface area contributed by atoms with Gasteiger partial charge in [-0.3, -0.25) is 0 Å². The normalized spacial score (nSPS) is 11.7. The number of benzene rings is 10. The van der Waals surface area contributed by atoms with Gasteiger partial charge in [0.25, 0.3) is 0 Å². The maximum atomic E-state index is 2.47. The average molecular weight is 704 g/mol. The van der Waals surface area contributed by atoms with Crippen molar-refractivity contribution in [1.29, 1.82) is 0 Å². The highest BCUT2D eigenvalue weighted by Gasteiger charge is 2.22. The van der Waals surface area contributed by atoms with Crippen LogP contribution in [-0.2, 0) is 0 Å². The summed E-state index contributed by atoms with van der Waals surface area (Å²) in [6, 6.07) is 73.6. The first kappa shape index (κ1) is 30.8. The summed E-state index contributed by atoms with van der Waals surface area (Å²) in [6.07, 6.45) is 0. The van der Waals surface area contributed by atoms with Gasteiger partial charge in [0.1, 0.15) is 0 Å². The van der Waals surface area contributed by atoms with E-state index in [1.807, 2.05) is 11.3 Å². The number of fused-ring (bicyclic) bond motifs is 8. The van der Waals surface area contributed by atoms with E-state index in [-0.39, 0.29) is 0 Å². The number of hydrogen-bond acceptors (Lipinski definition) is 2. The number of hydrogen-bond donors (Lipinski definition) is 0. The Balaban J connectivity index is 1.15. The van der Waals surface area contributed by atoms with Gasteiger partial charge in [-0.05, 0) is 102 Å². The van der Waals surface area contributed by atoms with Crippen molar-refractivity contribution in [2.24, 2.45) is 0 Å². The van der Waals surface area contributed by atoms with Gasteiger partial charge in [0.05, 0.1) is 5.69 Å². The molecular weight excluding hydrogens is 671 g/mol. The maximum absolute atomic E-state index is 2.47. The highest BCUT2D eigenvalue weighted by molar-refractivity contribution is 7.26. The van der Waals surface area contributed by atoms with Crippen LogP contribution in [0.3, 0.4) is 0 Å². The summed E-state index contributed by atoms with van der Waals surface area (Å²) in [5, 5.41) is 12.6. The van der Waals surface area contributed by atoms with Crippen molar-refractivity contribution >= 4 is 91.7 Å². The first-order chi connectivity index (χ1) is 26.8. The standard InChI is InChI=1S/C52H33NS/c1-2-13-38-32-39(22-20-34(38)10-1)35-24-26-41(27-25-35)53(42-28-29-45-40(33-42)23-21-37-12-4-5-15-43(37)45)49-31-30-47(46-18-9-14-36-11-3-6-16-44(36)46)52-51(49)48-17-7-8-19-50(48)54-52/h1-33H. The third-order valence-electron chi connectivity index (χ3n) is 11.0. The van der Waals surface area contributed by atoms with Gasteiger partial charge < -0.3 is 4.90 Å². The maximum Gasteiger partial charge on any atom is 0.0555 e. The Morgan fingerprint density at radius 3 is 1.80 bits per heavy atom. The van der Waals surface area contributed by atoms with Crippen molar-refractivity contribution in [2.75, 3.05) is 4.90 Å². The summed E-state index contributed by atoms with van der Waals surface area (Å²) >= 11 is 1.89. The van der Waals surface area contributed by atoms with E-state index >= 15 is 0 Å². The van der Waals surface area contributed by atoms with Crippen LogP contribution < -0.4 is 4.90 Å². The highest BCUT2D eigenvalue weighted by atomic mass is 32.1. The third kappa shape index (κ3) is 4.99. The zero-order valence-electron chi connectivity index (χ0n) is 29.4. The van der Waals surface area contributed by atoms with Crippen molar-refractivity contribution in [3.05, 3.63) is 200 Å². The second-order valence-corrected chi connectivity index (χ2v) is 15.1. The molecule has 0 bridgehead atoms. The summed E-state index contributed by atoms with van der Waals surface area (Å²) in [5.74, 6) is 0. The van der Waals surface area contributed by atoms with E-state index in [0.717, 1.165) is 11.4 Å². The van der Waals surface area contributed by atoms with Crippen LogP contribution in [0.25, 0.3) is 85.5 Å². The fourth-order valence-electron chi connectivity index (χ4n) is 8.41. The first-order valence-corrected chi connectivity index (χ1v) is 19.3. The molecule has 0 radical (unpaired) electrons. The summed E-state index contributed by atoms with van der Waals surface area (Å²) in [5.41, 5.74) is 8.37. The Hall–Kier alpha value is -6.74. The van der Waals surface area contributed by atoms with E-state index in [1.165, 1.54) is 91.2 Å². The van der Waals surface area contributed by atoms with E-state index < -0.39 is 0 Å². The predicted molar refractivity (Wildman–Crippen MR) is 235 cm³/mol. The second kappa shape index (κ2) is 12.4. The molecule has 2 heteroatoms. The molecule has 0 aliphatic heterocycles. The van der Waals surface area contributed by atoms with Crippen molar-refractivity contribution in [3.63, 3.8) is 0 Å².